The van der Waals surface area contributed by atoms with E-state index in [2.05, 4.69) is 10.1 Å². The van der Waals surface area contributed by atoms with E-state index in [1.165, 1.54) is 25.1 Å². The second kappa shape index (κ2) is 5.82. The first-order valence-corrected chi connectivity index (χ1v) is 5.79. The lowest BCUT2D eigenvalue weighted by atomic mass is 9.88. The maximum absolute atomic E-state index is 12.2. The largest absolute Gasteiger partial charge is 0.573 e. The Hall–Kier alpha value is -2.23. The highest BCUT2D eigenvalue weighted by molar-refractivity contribution is 5.97. The van der Waals surface area contributed by atoms with E-state index < -0.39 is 23.4 Å². The number of carbonyl (C=O) groups excluding carboxylic acids is 1. The number of hydrogen-bond donors (Lipinski definition) is 1. The number of halogens is 3. The van der Waals surface area contributed by atoms with Gasteiger partial charge in [0.15, 0.2) is 5.75 Å². The van der Waals surface area contributed by atoms with Crippen molar-refractivity contribution in [2.24, 2.45) is 5.41 Å². The first kappa shape index (κ1) is 15.8. The Morgan fingerprint density at radius 2 is 2.00 bits per heavy atom. The van der Waals surface area contributed by atoms with Gasteiger partial charge in [-0.2, -0.15) is 5.26 Å². The van der Waals surface area contributed by atoms with Crippen LogP contribution in [0.2, 0.25) is 0 Å². The standard InChI is InChI=1S/C13H13F3N2O2/c1-3-12(2,8-17)11(19)18-9-6-4-5-7-10(9)20-13(14,15)16/h4-7H,3H2,1-2H3,(H,18,19). The van der Waals surface area contributed by atoms with E-state index in [0.29, 0.717) is 0 Å². The Morgan fingerprint density at radius 1 is 1.40 bits per heavy atom. The predicted octanol–water partition coefficient (Wildman–Crippen LogP) is 3.46. The van der Waals surface area contributed by atoms with Gasteiger partial charge in [-0.15, -0.1) is 13.2 Å². The molecular formula is C13H13F3N2O2. The van der Waals surface area contributed by atoms with Gasteiger partial charge in [-0.3, -0.25) is 4.79 Å². The van der Waals surface area contributed by atoms with Crippen molar-refractivity contribution in [3.63, 3.8) is 0 Å². The van der Waals surface area contributed by atoms with Gasteiger partial charge in [-0.25, -0.2) is 0 Å². The fraction of sp³-hybridized carbons (Fsp3) is 0.385. The minimum Gasteiger partial charge on any atom is -0.404 e. The second-order valence-corrected chi connectivity index (χ2v) is 4.30. The number of ether oxygens (including phenoxy) is 1. The van der Waals surface area contributed by atoms with Crippen molar-refractivity contribution >= 4 is 11.6 Å². The van der Waals surface area contributed by atoms with E-state index in [-0.39, 0.29) is 12.1 Å². The zero-order valence-electron chi connectivity index (χ0n) is 10.9. The number of alkyl halides is 3. The Bertz CT molecular complexity index is 537. The summed E-state index contributed by atoms with van der Waals surface area (Å²) >= 11 is 0. The maximum atomic E-state index is 12.2. The van der Waals surface area contributed by atoms with E-state index in [9.17, 15) is 18.0 Å². The highest BCUT2D eigenvalue weighted by Gasteiger charge is 2.34. The lowest BCUT2D eigenvalue weighted by Crippen LogP contribution is -2.32. The first-order valence-electron chi connectivity index (χ1n) is 5.79. The third-order valence-corrected chi connectivity index (χ3v) is 2.82. The number of nitriles is 1. The molecule has 0 aliphatic rings. The normalized spacial score (nSPS) is 14.0. The van der Waals surface area contributed by atoms with Crippen molar-refractivity contribution in [1.82, 2.24) is 0 Å². The van der Waals surface area contributed by atoms with Crippen LogP contribution >= 0.6 is 0 Å². The van der Waals surface area contributed by atoms with Crippen LogP contribution in [0.3, 0.4) is 0 Å². The summed E-state index contributed by atoms with van der Waals surface area (Å²) in [6.45, 7) is 3.05. The number of rotatable bonds is 4. The van der Waals surface area contributed by atoms with Crippen LogP contribution in [0, 0.1) is 16.7 Å². The van der Waals surface area contributed by atoms with Crippen molar-refractivity contribution in [2.75, 3.05) is 5.32 Å². The predicted molar refractivity (Wildman–Crippen MR) is 65.8 cm³/mol. The van der Waals surface area contributed by atoms with E-state index in [1.807, 2.05) is 6.07 Å². The summed E-state index contributed by atoms with van der Waals surface area (Å²) < 4.78 is 40.5. The lowest BCUT2D eigenvalue weighted by molar-refractivity contribution is -0.274. The average Bonchev–Trinajstić information content (AvgIpc) is 2.38. The molecule has 1 aromatic carbocycles. The molecule has 1 rings (SSSR count). The number of benzene rings is 1. The summed E-state index contributed by atoms with van der Waals surface area (Å²) in [6.07, 6.45) is -4.62. The van der Waals surface area contributed by atoms with Gasteiger partial charge < -0.3 is 10.1 Å². The molecule has 0 aliphatic carbocycles. The van der Waals surface area contributed by atoms with Crippen LogP contribution in [0.25, 0.3) is 0 Å². The highest BCUT2D eigenvalue weighted by Crippen LogP contribution is 2.31. The zero-order valence-corrected chi connectivity index (χ0v) is 10.9. The van der Waals surface area contributed by atoms with Gasteiger partial charge in [0, 0.05) is 0 Å². The molecule has 0 heterocycles. The average molecular weight is 286 g/mol. The van der Waals surface area contributed by atoms with Crippen LogP contribution in [0.1, 0.15) is 20.3 Å². The summed E-state index contributed by atoms with van der Waals surface area (Å²) in [5.41, 5.74) is -1.45. The third kappa shape index (κ3) is 3.88. The molecular weight excluding hydrogens is 273 g/mol. The lowest BCUT2D eigenvalue weighted by Gasteiger charge is -2.20. The van der Waals surface area contributed by atoms with Gasteiger partial charge in [-0.05, 0) is 25.5 Å². The van der Waals surface area contributed by atoms with Gasteiger partial charge >= 0.3 is 6.36 Å². The van der Waals surface area contributed by atoms with Crippen molar-refractivity contribution in [3.05, 3.63) is 24.3 Å². The van der Waals surface area contributed by atoms with E-state index in [0.717, 1.165) is 6.07 Å². The molecule has 1 amide bonds. The molecule has 1 N–H and O–H groups in total. The van der Waals surface area contributed by atoms with Gasteiger partial charge in [0.25, 0.3) is 0 Å². The van der Waals surface area contributed by atoms with Gasteiger partial charge in [0.2, 0.25) is 5.91 Å². The summed E-state index contributed by atoms with van der Waals surface area (Å²) in [7, 11) is 0. The Morgan fingerprint density at radius 3 is 2.50 bits per heavy atom. The van der Waals surface area contributed by atoms with Crippen molar-refractivity contribution in [3.8, 4) is 11.8 Å². The van der Waals surface area contributed by atoms with Gasteiger partial charge in [-0.1, -0.05) is 19.1 Å². The van der Waals surface area contributed by atoms with Gasteiger partial charge in [0.05, 0.1) is 11.8 Å². The van der Waals surface area contributed by atoms with E-state index >= 15 is 0 Å². The molecule has 0 saturated heterocycles. The van der Waals surface area contributed by atoms with Crippen LogP contribution in [0.15, 0.2) is 24.3 Å². The van der Waals surface area contributed by atoms with Crippen LogP contribution < -0.4 is 10.1 Å². The molecule has 1 atom stereocenters. The fourth-order valence-corrected chi connectivity index (χ4v) is 1.33. The Labute approximate surface area is 114 Å². The number of nitrogens with one attached hydrogen (secondary N) is 1. The number of amides is 1. The molecule has 0 spiro atoms. The second-order valence-electron chi connectivity index (χ2n) is 4.30. The maximum Gasteiger partial charge on any atom is 0.573 e. The molecule has 0 aliphatic heterocycles. The van der Waals surface area contributed by atoms with Crippen molar-refractivity contribution in [1.29, 1.82) is 5.26 Å². The summed E-state index contributed by atoms with van der Waals surface area (Å²) in [5, 5.41) is 11.3. The SMILES string of the molecule is CCC(C)(C#N)C(=O)Nc1ccccc1OC(F)(F)F. The number of anilines is 1. The monoisotopic (exact) mass is 286 g/mol. The van der Waals surface area contributed by atoms with Crippen LogP contribution in [-0.4, -0.2) is 12.3 Å². The van der Waals surface area contributed by atoms with Crippen LogP contribution in [-0.2, 0) is 4.79 Å². The third-order valence-electron chi connectivity index (χ3n) is 2.82. The molecule has 1 aromatic rings. The molecule has 4 nitrogen and oxygen atoms in total. The van der Waals surface area contributed by atoms with Crippen molar-refractivity contribution in [2.45, 2.75) is 26.6 Å². The minimum atomic E-state index is -4.86. The first-order chi connectivity index (χ1) is 9.22. The van der Waals surface area contributed by atoms with E-state index in [4.69, 9.17) is 5.26 Å². The van der Waals surface area contributed by atoms with Crippen molar-refractivity contribution < 1.29 is 22.7 Å². The molecule has 20 heavy (non-hydrogen) atoms. The van der Waals surface area contributed by atoms with Crippen LogP contribution in [0.4, 0.5) is 18.9 Å². The van der Waals surface area contributed by atoms with E-state index in [1.54, 1.807) is 6.92 Å². The number of carbonyl (C=O) groups is 1. The Kier molecular flexibility index (Phi) is 4.61. The molecule has 0 fully saturated rings. The Balaban J connectivity index is 2.99. The minimum absolute atomic E-state index is 0.134. The number of nitrogens with zero attached hydrogens (tertiary/aromatic N) is 1. The molecule has 0 saturated carbocycles. The highest BCUT2D eigenvalue weighted by atomic mass is 19.4. The summed E-state index contributed by atoms with van der Waals surface area (Å²) in [4.78, 5) is 11.9. The number of para-hydroxylation sites is 2. The fourth-order valence-electron chi connectivity index (χ4n) is 1.33. The summed E-state index contributed by atoms with van der Waals surface area (Å²) in [5.74, 6) is -1.20. The van der Waals surface area contributed by atoms with Crippen LogP contribution in [0.5, 0.6) is 5.75 Å². The molecule has 7 heteroatoms. The molecule has 108 valence electrons. The molecule has 0 aromatic heterocycles. The molecule has 0 radical (unpaired) electrons. The molecule has 0 bridgehead atoms. The quantitative estimate of drug-likeness (QED) is 0.921. The topological polar surface area (TPSA) is 62.1 Å². The smallest absolute Gasteiger partial charge is 0.404 e. The zero-order chi connectivity index (χ0) is 15.4. The molecule has 1 unspecified atom stereocenters. The number of hydrogen-bond acceptors (Lipinski definition) is 3. The summed E-state index contributed by atoms with van der Waals surface area (Å²) in [6, 6.07) is 6.99. The van der Waals surface area contributed by atoms with Gasteiger partial charge in [0.1, 0.15) is 5.41 Å².